The number of nitrogens with one attached hydrogen (secondary N) is 2. The number of hydrogen-bond acceptors (Lipinski definition) is 4. The normalized spacial score (nSPS) is 15.3. The molecule has 2 N–H and O–H groups in total. The van der Waals surface area contributed by atoms with E-state index in [9.17, 15) is 4.79 Å². The largest absolute Gasteiger partial charge is 0.469 e. The number of carbonyl (C=O) groups excluding carboxylic acids is 1. The maximum absolute atomic E-state index is 11.1. The van der Waals surface area contributed by atoms with Crippen molar-refractivity contribution in [3.05, 3.63) is 35.4 Å². The van der Waals surface area contributed by atoms with Gasteiger partial charge in [0.1, 0.15) is 0 Å². The Labute approximate surface area is 169 Å². The van der Waals surface area contributed by atoms with Crippen LogP contribution in [0.2, 0.25) is 0 Å². The fourth-order valence-corrected chi connectivity index (χ4v) is 3.42. The third-order valence-electron chi connectivity index (χ3n) is 5.14. The predicted molar refractivity (Wildman–Crippen MR) is 114 cm³/mol. The van der Waals surface area contributed by atoms with Crippen LogP contribution in [0.4, 0.5) is 0 Å². The summed E-state index contributed by atoms with van der Waals surface area (Å²) < 4.78 is 4.65. The van der Waals surface area contributed by atoms with Crippen LogP contribution in [-0.4, -0.2) is 50.6 Å². The molecule has 1 fully saturated rings. The van der Waals surface area contributed by atoms with Crippen molar-refractivity contribution in [2.45, 2.75) is 58.0 Å². The van der Waals surface area contributed by atoms with Gasteiger partial charge in [0, 0.05) is 33.1 Å². The van der Waals surface area contributed by atoms with Gasteiger partial charge in [-0.3, -0.25) is 14.7 Å². The van der Waals surface area contributed by atoms with Gasteiger partial charge in [0.15, 0.2) is 5.96 Å². The number of likely N-dealkylation sites (tertiary alicyclic amines) is 1. The molecule has 6 nitrogen and oxygen atoms in total. The van der Waals surface area contributed by atoms with E-state index >= 15 is 0 Å². The van der Waals surface area contributed by atoms with Crippen molar-refractivity contribution in [1.29, 1.82) is 0 Å². The van der Waals surface area contributed by atoms with Crippen molar-refractivity contribution in [1.82, 2.24) is 15.5 Å². The van der Waals surface area contributed by atoms with Crippen molar-refractivity contribution >= 4 is 11.9 Å². The number of guanidine groups is 1. The molecule has 1 heterocycles. The van der Waals surface area contributed by atoms with Gasteiger partial charge in [0.2, 0.25) is 0 Å². The Hall–Kier alpha value is -2.08. The average molecular weight is 389 g/mol. The number of aliphatic imine (C=N–C) groups is 1. The molecule has 1 aromatic carbocycles. The Kier molecular flexibility index (Phi) is 10.4. The number of rotatable bonds is 10. The number of methoxy groups -OCH3 is 1. The first-order chi connectivity index (χ1) is 13.7. The van der Waals surface area contributed by atoms with Crippen LogP contribution < -0.4 is 10.6 Å². The summed E-state index contributed by atoms with van der Waals surface area (Å²) >= 11 is 0. The molecule has 1 aliphatic heterocycles. The molecule has 0 bridgehead atoms. The number of piperidine rings is 1. The SMILES string of the molecule is CN=C(NCCCCCC(=O)OC)NCc1ccc(CN2CCCCC2)cc1. The van der Waals surface area contributed by atoms with Gasteiger partial charge < -0.3 is 15.4 Å². The summed E-state index contributed by atoms with van der Waals surface area (Å²) in [6, 6.07) is 8.88. The van der Waals surface area contributed by atoms with Gasteiger partial charge in [-0.2, -0.15) is 0 Å². The third-order valence-corrected chi connectivity index (χ3v) is 5.14. The Balaban J connectivity index is 1.62. The summed E-state index contributed by atoms with van der Waals surface area (Å²) in [5.41, 5.74) is 2.64. The molecule has 1 saturated heterocycles. The van der Waals surface area contributed by atoms with Crippen molar-refractivity contribution in [2.75, 3.05) is 33.8 Å². The summed E-state index contributed by atoms with van der Waals surface area (Å²) in [6.07, 6.45) is 7.41. The van der Waals surface area contributed by atoms with Crippen molar-refractivity contribution < 1.29 is 9.53 Å². The lowest BCUT2D eigenvalue weighted by molar-refractivity contribution is -0.140. The highest BCUT2D eigenvalue weighted by Gasteiger charge is 2.10. The maximum Gasteiger partial charge on any atom is 0.305 e. The van der Waals surface area contributed by atoms with Crippen LogP contribution in [0.25, 0.3) is 0 Å². The maximum atomic E-state index is 11.1. The van der Waals surface area contributed by atoms with Gasteiger partial charge in [-0.1, -0.05) is 37.1 Å². The molecule has 6 heteroatoms. The first kappa shape index (κ1) is 22.2. The summed E-state index contributed by atoms with van der Waals surface area (Å²) in [5, 5.41) is 6.68. The first-order valence-electron chi connectivity index (χ1n) is 10.5. The summed E-state index contributed by atoms with van der Waals surface area (Å²) in [4.78, 5) is 17.9. The molecule has 0 spiro atoms. The second kappa shape index (κ2) is 13.2. The van der Waals surface area contributed by atoms with Crippen LogP contribution >= 0.6 is 0 Å². The van der Waals surface area contributed by atoms with Crippen molar-refractivity contribution in [3.63, 3.8) is 0 Å². The van der Waals surface area contributed by atoms with E-state index in [0.29, 0.717) is 6.42 Å². The minimum Gasteiger partial charge on any atom is -0.469 e. The van der Waals surface area contributed by atoms with E-state index in [1.807, 2.05) is 0 Å². The molecule has 156 valence electrons. The van der Waals surface area contributed by atoms with Crippen LogP contribution in [0.3, 0.4) is 0 Å². The van der Waals surface area contributed by atoms with Crippen LogP contribution in [0.5, 0.6) is 0 Å². The highest BCUT2D eigenvalue weighted by Crippen LogP contribution is 2.13. The minimum atomic E-state index is -0.132. The average Bonchev–Trinajstić information content (AvgIpc) is 2.74. The molecule has 1 aliphatic rings. The smallest absolute Gasteiger partial charge is 0.305 e. The molecule has 0 aliphatic carbocycles. The molecule has 0 unspecified atom stereocenters. The number of ether oxygens (including phenoxy) is 1. The monoisotopic (exact) mass is 388 g/mol. The lowest BCUT2D eigenvalue weighted by atomic mass is 10.1. The van der Waals surface area contributed by atoms with Crippen LogP contribution in [-0.2, 0) is 22.6 Å². The zero-order valence-corrected chi connectivity index (χ0v) is 17.5. The lowest BCUT2D eigenvalue weighted by Crippen LogP contribution is -2.37. The topological polar surface area (TPSA) is 66.0 Å². The third kappa shape index (κ3) is 8.74. The quantitative estimate of drug-likeness (QED) is 0.279. The number of carbonyl (C=O) groups is 1. The fourth-order valence-electron chi connectivity index (χ4n) is 3.42. The van der Waals surface area contributed by atoms with E-state index in [4.69, 9.17) is 0 Å². The Bertz CT molecular complexity index is 595. The van der Waals surface area contributed by atoms with Gasteiger partial charge in [-0.25, -0.2) is 0 Å². The summed E-state index contributed by atoms with van der Waals surface area (Å²) in [5.74, 6) is 0.678. The number of unbranched alkanes of at least 4 members (excludes halogenated alkanes) is 2. The molecule has 0 amide bonds. The van der Waals surface area contributed by atoms with Crippen LogP contribution in [0, 0.1) is 0 Å². The Morgan fingerprint density at radius 2 is 1.75 bits per heavy atom. The molecular formula is C22H36N4O2. The highest BCUT2D eigenvalue weighted by molar-refractivity contribution is 5.79. The van der Waals surface area contributed by atoms with E-state index in [1.165, 1.54) is 50.6 Å². The highest BCUT2D eigenvalue weighted by atomic mass is 16.5. The molecule has 0 atom stereocenters. The van der Waals surface area contributed by atoms with E-state index in [2.05, 4.69) is 49.5 Å². The predicted octanol–water partition coefficient (Wildman–Crippen LogP) is 3.07. The lowest BCUT2D eigenvalue weighted by Gasteiger charge is -2.26. The molecule has 0 aromatic heterocycles. The zero-order valence-electron chi connectivity index (χ0n) is 17.5. The molecule has 0 radical (unpaired) electrons. The van der Waals surface area contributed by atoms with Crippen LogP contribution in [0.1, 0.15) is 56.1 Å². The Morgan fingerprint density at radius 1 is 1.04 bits per heavy atom. The molecule has 0 saturated carbocycles. The van der Waals surface area contributed by atoms with Crippen molar-refractivity contribution in [3.8, 4) is 0 Å². The van der Waals surface area contributed by atoms with Crippen molar-refractivity contribution in [2.24, 2.45) is 4.99 Å². The summed E-state index contributed by atoms with van der Waals surface area (Å²) in [7, 11) is 3.22. The molecule has 28 heavy (non-hydrogen) atoms. The van der Waals surface area contributed by atoms with Gasteiger partial charge in [0.25, 0.3) is 0 Å². The van der Waals surface area contributed by atoms with Gasteiger partial charge in [-0.05, 0) is 49.9 Å². The number of nitrogens with zero attached hydrogens (tertiary/aromatic N) is 2. The summed E-state index contributed by atoms with van der Waals surface area (Å²) in [6.45, 7) is 5.12. The second-order valence-corrected chi connectivity index (χ2v) is 7.39. The zero-order chi connectivity index (χ0) is 20.0. The Morgan fingerprint density at radius 3 is 2.43 bits per heavy atom. The van der Waals surface area contributed by atoms with Crippen LogP contribution in [0.15, 0.2) is 29.3 Å². The number of hydrogen-bond donors (Lipinski definition) is 2. The van der Waals surface area contributed by atoms with Gasteiger partial charge in [-0.15, -0.1) is 0 Å². The first-order valence-corrected chi connectivity index (χ1v) is 10.5. The molecule has 1 aromatic rings. The second-order valence-electron chi connectivity index (χ2n) is 7.39. The molecule has 2 rings (SSSR count). The van der Waals surface area contributed by atoms with E-state index < -0.39 is 0 Å². The van der Waals surface area contributed by atoms with Gasteiger partial charge in [0.05, 0.1) is 7.11 Å². The molecular weight excluding hydrogens is 352 g/mol. The van der Waals surface area contributed by atoms with Gasteiger partial charge >= 0.3 is 5.97 Å². The minimum absolute atomic E-state index is 0.132. The van der Waals surface area contributed by atoms with E-state index in [0.717, 1.165) is 44.9 Å². The standard InChI is InChI=1S/C22H36N4O2/c1-23-22(24-14-6-3-5-9-21(27)28-2)25-17-19-10-12-20(13-11-19)18-26-15-7-4-8-16-26/h10-13H,3-9,14-18H2,1-2H3,(H2,23,24,25). The van der Waals surface area contributed by atoms with E-state index in [-0.39, 0.29) is 5.97 Å². The fraction of sp³-hybridized carbons (Fsp3) is 0.636. The number of esters is 1. The van der Waals surface area contributed by atoms with E-state index in [1.54, 1.807) is 7.05 Å². The number of benzene rings is 1.